The van der Waals surface area contributed by atoms with Crippen molar-refractivity contribution in [1.29, 1.82) is 0 Å². The van der Waals surface area contributed by atoms with Gasteiger partial charge in [0.2, 0.25) is 0 Å². The molecule has 1 aromatic carbocycles. The maximum atomic E-state index is 13.7. The highest BCUT2D eigenvalue weighted by Crippen LogP contribution is 2.23. The summed E-state index contributed by atoms with van der Waals surface area (Å²) < 4.78 is 42.7. The average Bonchev–Trinajstić information content (AvgIpc) is 2.83. The van der Waals surface area contributed by atoms with Crippen molar-refractivity contribution in [3.63, 3.8) is 0 Å². The van der Waals surface area contributed by atoms with E-state index in [-0.39, 0.29) is 17.3 Å². The van der Waals surface area contributed by atoms with Crippen molar-refractivity contribution < 1.29 is 17.5 Å². The van der Waals surface area contributed by atoms with Gasteiger partial charge in [0.25, 0.3) is 9.05 Å². The van der Waals surface area contributed by atoms with Crippen LogP contribution < -0.4 is 4.74 Å². The van der Waals surface area contributed by atoms with Gasteiger partial charge in [0.05, 0.1) is 4.90 Å². The van der Waals surface area contributed by atoms with Crippen LogP contribution in [0.3, 0.4) is 0 Å². The summed E-state index contributed by atoms with van der Waals surface area (Å²) >= 11 is 0. The molecule has 0 radical (unpaired) electrons. The second-order valence-corrected chi connectivity index (χ2v) is 6.38. The molecule has 20 heavy (non-hydrogen) atoms. The van der Waals surface area contributed by atoms with Gasteiger partial charge in [-0.25, -0.2) is 22.5 Å². The zero-order valence-corrected chi connectivity index (χ0v) is 12.0. The fourth-order valence-corrected chi connectivity index (χ4v) is 2.32. The minimum absolute atomic E-state index is 0.0255. The van der Waals surface area contributed by atoms with Gasteiger partial charge in [0.1, 0.15) is 12.9 Å². The summed E-state index contributed by atoms with van der Waals surface area (Å²) in [5.41, 5.74) is 0. The SMILES string of the molecule is CCn1ncnc1COc1ccc(S(=O)(=O)Cl)cc1F. The third-order valence-corrected chi connectivity index (χ3v) is 3.89. The predicted octanol–water partition coefficient (Wildman–Crippen LogP) is 1.94. The van der Waals surface area contributed by atoms with Gasteiger partial charge in [-0.15, -0.1) is 0 Å². The van der Waals surface area contributed by atoms with Crippen LogP contribution in [0.5, 0.6) is 5.75 Å². The molecule has 0 saturated carbocycles. The third kappa shape index (κ3) is 3.26. The van der Waals surface area contributed by atoms with E-state index in [1.54, 1.807) is 4.68 Å². The lowest BCUT2D eigenvalue weighted by Gasteiger charge is -2.08. The van der Waals surface area contributed by atoms with E-state index < -0.39 is 14.9 Å². The summed E-state index contributed by atoms with van der Waals surface area (Å²) in [4.78, 5) is 3.66. The number of halogens is 2. The summed E-state index contributed by atoms with van der Waals surface area (Å²) in [5, 5.41) is 3.95. The fourth-order valence-electron chi connectivity index (χ4n) is 1.56. The van der Waals surface area contributed by atoms with Crippen molar-refractivity contribution in [2.45, 2.75) is 25.0 Å². The number of hydrogen-bond acceptors (Lipinski definition) is 5. The zero-order chi connectivity index (χ0) is 14.8. The van der Waals surface area contributed by atoms with Crippen LogP contribution in [0.25, 0.3) is 0 Å². The fraction of sp³-hybridized carbons (Fsp3) is 0.273. The first-order chi connectivity index (χ1) is 9.41. The average molecular weight is 320 g/mol. The number of rotatable bonds is 5. The first kappa shape index (κ1) is 14.7. The monoisotopic (exact) mass is 319 g/mol. The van der Waals surface area contributed by atoms with Gasteiger partial charge in [-0.05, 0) is 25.1 Å². The summed E-state index contributed by atoms with van der Waals surface area (Å²) in [7, 11) is 1.16. The Kier molecular flexibility index (Phi) is 4.24. The predicted molar refractivity (Wildman–Crippen MR) is 69.5 cm³/mol. The summed E-state index contributed by atoms with van der Waals surface area (Å²) in [6.45, 7) is 2.53. The Morgan fingerprint density at radius 3 is 2.80 bits per heavy atom. The van der Waals surface area contributed by atoms with Crippen molar-refractivity contribution in [3.8, 4) is 5.75 Å². The number of aryl methyl sites for hydroxylation is 1. The van der Waals surface area contributed by atoms with E-state index in [0.29, 0.717) is 12.4 Å². The van der Waals surface area contributed by atoms with Crippen molar-refractivity contribution in [2.75, 3.05) is 0 Å². The molecule has 0 atom stereocenters. The molecule has 0 unspecified atom stereocenters. The van der Waals surface area contributed by atoms with Crippen LogP contribution in [0.15, 0.2) is 29.4 Å². The van der Waals surface area contributed by atoms with Crippen LogP contribution in [0.2, 0.25) is 0 Å². The molecule has 0 aliphatic carbocycles. The molecule has 108 valence electrons. The quantitative estimate of drug-likeness (QED) is 0.787. The molecule has 0 bridgehead atoms. The lowest BCUT2D eigenvalue weighted by Crippen LogP contribution is -2.08. The summed E-state index contributed by atoms with van der Waals surface area (Å²) in [5.74, 6) is -0.352. The second-order valence-electron chi connectivity index (χ2n) is 3.81. The highest BCUT2D eigenvalue weighted by atomic mass is 35.7. The molecular formula is C11H11ClFN3O3S. The van der Waals surface area contributed by atoms with E-state index in [2.05, 4.69) is 10.1 Å². The molecule has 0 fully saturated rings. The lowest BCUT2D eigenvalue weighted by molar-refractivity contribution is 0.273. The minimum atomic E-state index is -3.96. The Balaban J connectivity index is 2.15. The Morgan fingerprint density at radius 2 is 2.20 bits per heavy atom. The van der Waals surface area contributed by atoms with E-state index >= 15 is 0 Å². The number of benzene rings is 1. The van der Waals surface area contributed by atoms with Crippen LogP contribution in [0.4, 0.5) is 4.39 Å². The highest BCUT2D eigenvalue weighted by Gasteiger charge is 2.14. The molecule has 0 N–H and O–H groups in total. The van der Waals surface area contributed by atoms with E-state index in [0.717, 1.165) is 6.07 Å². The van der Waals surface area contributed by atoms with Crippen molar-refractivity contribution in [2.24, 2.45) is 0 Å². The van der Waals surface area contributed by atoms with Gasteiger partial charge in [0, 0.05) is 17.2 Å². The van der Waals surface area contributed by atoms with Crippen molar-refractivity contribution in [3.05, 3.63) is 36.2 Å². The van der Waals surface area contributed by atoms with E-state index in [1.165, 1.54) is 18.5 Å². The molecule has 1 aromatic heterocycles. The van der Waals surface area contributed by atoms with Crippen LogP contribution in [-0.2, 0) is 22.2 Å². The van der Waals surface area contributed by atoms with Gasteiger partial charge in [0.15, 0.2) is 17.4 Å². The maximum absolute atomic E-state index is 13.7. The van der Waals surface area contributed by atoms with E-state index in [4.69, 9.17) is 15.4 Å². The molecule has 0 saturated heterocycles. The number of ether oxygens (including phenoxy) is 1. The summed E-state index contributed by atoms with van der Waals surface area (Å²) in [6.07, 6.45) is 1.38. The van der Waals surface area contributed by atoms with Crippen LogP contribution >= 0.6 is 10.7 Å². The number of aromatic nitrogens is 3. The molecule has 6 nitrogen and oxygen atoms in total. The van der Waals surface area contributed by atoms with E-state index in [1.807, 2.05) is 6.92 Å². The Labute approximate surface area is 119 Å². The largest absolute Gasteiger partial charge is 0.483 e. The molecule has 2 aromatic rings. The smallest absolute Gasteiger partial charge is 0.261 e. The third-order valence-electron chi connectivity index (χ3n) is 2.54. The topological polar surface area (TPSA) is 74.1 Å². The van der Waals surface area contributed by atoms with Crippen molar-refractivity contribution >= 4 is 19.7 Å². The summed E-state index contributed by atoms with van der Waals surface area (Å²) in [6, 6.07) is 3.19. The van der Waals surface area contributed by atoms with Crippen LogP contribution in [0, 0.1) is 5.82 Å². The number of hydrogen-bond donors (Lipinski definition) is 0. The maximum Gasteiger partial charge on any atom is 0.261 e. The molecular weight excluding hydrogens is 309 g/mol. The van der Waals surface area contributed by atoms with Gasteiger partial charge >= 0.3 is 0 Å². The van der Waals surface area contributed by atoms with E-state index in [9.17, 15) is 12.8 Å². The Hall–Kier alpha value is -1.67. The Bertz CT molecular complexity index is 717. The highest BCUT2D eigenvalue weighted by molar-refractivity contribution is 8.13. The molecule has 0 spiro atoms. The minimum Gasteiger partial charge on any atom is -0.483 e. The van der Waals surface area contributed by atoms with Crippen LogP contribution in [-0.4, -0.2) is 23.2 Å². The lowest BCUT2D eigenvalue weighted by atomic mass is 10.3. The molecule has 0 aliphatic rings. The van der Waals surface area contributed by atoms with Gasteiger partial charge in [-0.1, -0.05) is 0 Å². The van der Waals surface area contributed by atoms with Crippen molar-refractivity contribution in [1.82, 2.24) is 14.8 Å². The molecule has 2 rings (SSSR count). The van der Waals surface area contributed by atoms with Gasteiger partial charge < -0.3 is 4.74 Å². The second kappa shape index (κ2) is 5.76. The van der Waals surface area contributed by atoms with Gasteiger partial charge in [-0.2, -0.15) is 5.10 Å². The zero-order valence-electron chi connectivity index (χ0n) is 10.5. The molecule has 0 aliphatic heterocycles. The molecule has 9 heteroatoms. The van der Waals surface area contributed by atoms with Gasteiger partial charge in [-0.3, -0.25) is 0 Å². The first-order valence-corrected chi connectivity index (χ1v) is 7.96. The first-order valence-electron chi connectivity index (χ1n) is 5.65. The standard InChI is InChI=1S/C11H11ClFN3O3S/c1-2-16-11(14-7-15-16)6-19-10-4-3-8(5-9(10)13)20(12,17)18/h3-5,7H,2,6H2,1H3. The van der Waals surface area contributed by atoms with Crippen LogP contribution in [0.1, 0.15) is 12.7 Å². The Morgan fingerprint density at radius 1 is 1.45 bits per heavy atom. The molecule has 0 amide bonds. The molecule has 1 heterocycles. The normalized spacial score (nSPS) is 11.6. The number of nitrogens with zero attached hydrogens (tertiary/aromatic N) is 3.